The van der Waals surface area contributed by atoms with Crippen LogP contribution in [0.25, 0.3) is 6.08 Å². The Bertz CT molecular complexity index is 744. The van der Waals surface area contributed by atoms with E-state index in [1.165, 1.54) is 6.08 Å². The first-order valence-electron chi connectivity index (χ1n) is 9.25. The molecule has 5 heteroatoms. The molecule has 0 radical (unpaired) electrons. The van der Waals surface area contributed by atoms with E-state index in [-0.39, 0.29) is 5.91 Å². The SMILES string of the molecule is CCOc1ccc(/C=C/C(=O)NCCN(C)c2ccccc2)cc1OCC. The number of hydrogen-bond donors (Lipinski definition) is 1. The molecular formula is C22H28N2O3. The highest BCUT2D eigenvalue weighted by molar-refractivity contribution is 5.91. The summed E-state index contributed by atoms with van der Waals surface area (Å²) in [6, 6.07) is 15.7. The van der Waals surface area contributed by atoms with Gasteiger partial charge in [-0.05, 0) is 49.8 Å². The maximum absolute atomic E-state index is 12.0. The van der Waals surface area contributed by atoms with Crippen molar-refractivity contribution in [3.8, 4) is 11.5 Å². The number of nitrogens with one attached hydrogen (secondary N) is 1. The van der Waals surface area contributed by atoms with Crippen molar-refractivity contribution in [2.75, 3.05) is 38.3 Å². The Morgan fingerprint density at radius 1 is 1.04 bits per heavy atom. The van der Waals surface area contributed by atoms with E-state index >= 15 is 0 Å². The zero-order chi connectivity index (χ0) is 19.5. The molecule has 1 N–H and O–H groups in total. The number of anilines is 1. The Hall–Kier alpha value is -2.95. The van der Waals surface area contributed by atoms with Crippen molar-refractivity contribution in [1.82, 2.24) is 5.32 Å². The van der Waals surface area contributed by atoms with Gasteiger partial charge in [-0.2, -0.15) is 0 Å². The van der Waals surface area contributed by atoms with E-state index in [0.29, 0.717) is 31.3 Å². The molecule has 0 saturated heterocycles. The zero-order valence-corrected chi connectivity index (χ0v) is 16.3. The number of ether oxygens (including phenoxy) is 2. The third-order valence-electron chi connectivity index (χ3n) is 3.94. The van der Waals surface area contributed by atoms with E-state index in [0.717, 1.165) is 17.8 Å². The second-order valence-electron chi connectivity index (χ2n) is 5.95. The molecule has 0 fully saturated rings. The molecule has 0 aromatic heterocycles. The fraction of sp³-hybridized carbons (Fsp3) is 0.318. The fourth-order valence-corrected chi connectivity index (χ4v) is 2.56. The molecule has 0 aliphatic heterocycles. The van der Waals surface area contributed by atoms with E-state index in [1.807, 2.05) is 69.4 Å². The maximum Gasteiger partial charge on any atom is 0.244 e. The summed E-state index contributed by atoms with van der Waals surface area (Å²) in [4.78, 5) is 14.1. The Kier molecular flexibility index (Phi) is 8.23. The number of amides is 1. The van der Waals surface area contributed by atoms with Crippen LogP contribution < -0.4 is 19.7 Å². The number of rotatable bonds is 10. The van der Waals surface area contributed by atoms with Crippen LogP contribution in [0.5, 0.6) is 11.5 Å². The average molecular weight is 368 g/mol. The summed E-state index contributed by atoms with van der Waals surface area (Å²) < 4.78 is 11.2. The van der Waals surface area contributed by atoms with Crippen molar-refractivity contribution in [2.24, 2.45) is 0 Å². The lowest BCUT2D eigenvalue weighted by molar-refractivity contribution is -0.116. The van der Waals surface area contributed by atoms with E-state index < -0.39 is 0 Å². The number of nitrogens with zero attached hydrogens (tertiary/aromatic N) is 1. The Labute approximate surface area is 161 Å². The second-order valence-corrected chi connectivity index (χ2v) is 5.95. The predicted octanol–water partition coefficient (Wildman–Crippen LogP) is 3.75. The van der Waals surface area contributed by atoms with Gasteiger partial charge in [-0.3, -0.25) is 4.79 Å². The van der Waals surface area contributed by atoms with Crippen molar-refractivity contribution < 1.29 is 14.3 Å². The standard InChI is InChI=1S/C22H28N2O3/c1-4-26-20-13-11-18(17-21(20)27-5-2)12-14-22(25)23-15-16-24(3)19-9-7-6-8-10-19/h6-14,17H,4-5,15-16H2,1-3H3,(H,23,25)/b14-12+. The van der Waals surface area contributed by atoms with Gasteiger partial charge in [0.2, 0.25) is 5.91 Å². The Balaban J connectivity index is 1.86. The first-order valence-corrected chi connectivity index (χ1v) is 9.25. The molecule has 0 unspecified atom stereocenters. The van der Waals surface area contributed by atoms with Crippen LogP contribution in [0.2, 0.25) is 0 Å². The van der Waals surface area contributed by atoms with Crippen LogP contribution in [0.15, 0.2) is 54.6 Å². The zero-order valence-electron chi connectivity index (χ0n) is 16.3. The van der Waals surface area contributed by atoms with Gasteiger partial charge in [0.15, 0.2) is 11.5 Å². The smallest absolute Gasteiger partial charge is 0.244 e. The lowest BCUT2D eigenvalue weighted by Gasteiger charge is -2.19. The normalized spacial score (nSPS) is 10.6. The summed E-state index contributed by atoms with van der Waals surface area (Å²) in [5.41, 5.74) is 2.01. The molecule has 27 heavy (non-hydrogen) atoms. The lowest BCUT2D eigenvalue weighted by Crippen LogP contribution is -2.31. The number of likely N-dealkylation sites (N-methyl/N-ethyl adjacent to an activating group) is 1. The number of benzene rings is 2. The quantitative estimate of drug-likeness (QED) is 0.649. The first kappa shape index (κ1) is 20.4. The molecule has 1 amide bonds. The van der Waals surface area contributed by atoms with Gasteiger partial charge in [0.1, 0.15) is 0 Å². The summed E-state index contributed by atoms with van der Waals surface area (Å²) in [6.45, 7) is 6.31. The van der Waals surface area contributed by atoms with Gasteiger partial charge in [0.25, 0.3) is 0 Å². The number of carbonyl (C=O) groups is 1. The van der Waals surface area contributed by atoms with Crippen molar-refractivity contribution in [2.45, 2.75) is 13.8 Å². The van der Waals surface area contributed by atoms with Crippen LogP contribution in [0, 0.1) is 0 Å². The largest absolute Gasteiger partial charge is 0.490 e. The topological polar surface area (TPSA) is 50.8 Å². The van der Waals surface area contributed by atoms with E-state index in [2.05, 4.69) is 10.2 Å². The molecule has 2 aromatic carbocycles. The Morgan fingerprint density at radius 2 is 1.74 bits per heavy atom. The van der Waals surface area contributed by atoms with Gasteiger partial charge >= 0.3 is 0 Å². The molecule has 2 aromatic rings. The van der Waals surface area contributed by atoms with E-state index in [9.17, 15) is 4.79 Å². The molecule has 144 valence electrons. The molecule has 5 nitrogen and oxygen atoms in total. The molecule has 0 spiro atoms. The number of carbonyl (C=O) groups excluding carboxylic acids is 1. The highest BCUT2D eigenvalue weighted by Crippen LogP contribution is 2.28. The summed E-state index contributed by atoms with van der Waals surface area (Å²) in [7, 11) is 2.01. The van der Waals surface area contributed by atoms with Crippen LogP contribution in [-0.4, -0.2) is 39.3 Å². The highest BCUT2D eigenvalue weighted by Gasteiger charge is 2.05. The highest BCUT2D eigenvalue weighted by atomic mass is 16.5. The van der Waals surface area contributed by atoms with Gasteiger partial charge in [-0.15, -0.1) is 0 Å². The van der Waals surface area contributed by atoms with Crippen molar-refractivity contribution >= 4 is 17.7 Å². The average Bonchev–Trinajstić information content (AvgIpc) is 2.69. The maximum atomic E-state index is 12.0. The van der Waals surface area contributed by atoms with E-state index in [4.69, 9.17) is 9.47 Å². The van der Waals surface area contributed by atoms with Crippen LogP contribution in [-0.2, 0) is 4.79 Å². The minimum atomic E-state index is -0.122. The third kappa shape index (κ3) is 6.70. The number of hydrogen-bond acceptors (Lipinski definition) is 4. The molecule has 0 aliphatic rings. The minimum absolute atomic E-state index is 0.122. The molecular weight excluding hydrogens is 340 g/mol. The summed E-state index contributed by atoms with van der Waals surface area (Å²) in [5.74, 6) is 1.28. The monoisotopic (exact) mass is 368 g/mol. The predicted molar refractivity (Wildman–Crippen MR) is 111 cm³/mol. The van der Waals surface area contributed by atoms with Crippen molar-refractivity contribution in [3.63, 3.8) is 0 Å². The molecule has 0 atom stereocenters. The molecule has 0 bridgehead atoms. The van der Waals surface area contributed by atoms with E-state index in [1.54, 1.807) is 6.08 Å². The Morgan fingerprint density at radius 3 is 2.44 bits per heavy atom. The minimum Gasteiger partial charge on any atom is -0.490 e. The van der Waals surface area contributed by atoms with Crippen LogP contribution in [0.1, 0.15) is 19.4 Å². The summed E-state index contributed by atoms with van der Waals surface area (Å²) in [6.07, 6.45) is 3.31. The van der Waals surface area contributed by atoms with Crippen LogP contribution in [0.4, 0.5) is 5.69 Å². The molecule has 0 aliphatic carbocycles. The van der Waals surface area contributed by atoms with Gasteiger partial charge in [-0.1, -0.05) is 24.3 Å². The van der Waals surface area contributed by atoms with Gasteiger partial charge in [-0.25, -0.2) is 0 Å². The second kappa shape index (κ2) is 10.9. The van der Waals surface area contributed by atoms with Crippen LogP contribution >= 0.6 is 0 Å². The summed E-state index contributed by atoms with van der Waals surface area (Å²) in [5, 5.41) is 2.90. The van der Waals surface area contributed by atoms with Gasteiger partial charge in [0, 0.05) is 31.9 Å². The van der Waals surface area contributed by atoms with Gasteiger partial charge < -0.3 is 19.7 Å². The molecule has 0 heterocycles. The van der Waals surface area contributed by atoms with Crippen LogP contribution in [0.3, 0.4) is 0 Å². The third-order valence-corrected chi connectivity index (χ3v) is 3.94. The lowest BCUT2D eigenvalue weighted by atomic mass is 10.2. The van der Waals surface area contributed by atoms with Gasteiger partial charge in [0.05, 0.1) is 13.2 Å². The van der Waals surface area contributed by atoms with Crippen molar-refractivity contribution in [3.05, 3.63) is 60.2 Å². The first-order chi connectivity index (χ1) is 13.1. The fourth-order valence-electron chi connectivity index (χ4n) is 2.56. The molecule has 0 saturated carbocycles. The number of para-hydroxylation sites is 1. The molecule has 2 rings (SSSR count). The van der Waals surface area contributed by atoms with Crippen molar-refractivity contribution in [1.29, 1.82) is 0 Å². The summed E-state index contributed by atoms with van der Waals surface area (Å²) >= 11 is 0.